The Labute approximate surface area is 90.2 Å². The number of amides is 1. The van der Waals surface area contributed by atoms with E-state index in [1.54, 1.807) is 23.8 Å². The van der Waals surface area contributed by atoms with E-state index in [1.807, 2.05) is 0 Å². The van der Waals surface area contributed by atoms with Gasteiger partial charge in [-0.05, 0) is 14.0 Å². The molecule has 0 saturated carbocycles. The van der Waals surface area contributed by atoms with Crippen LogP contribution in [-0.2, 0) is 9.53 Å². The van der Waals surface area contributed by atoms with Crippen molar-refractivity contribution in [3.63, 3.8) is 0 Å². The first kappa shape index (κ1) is 12.0. The van der Waals surface area contributed by atoms with Crippen molar-refractivity contribution in [2.24, 2.45) is 0 Å². The minimum atomic E-state index is -0.227. The molecular weight excluding hydrogens is 194 g/mol. The number of morpholine rings is 1. The largest absolute Gasteiger partial charge is 0.378 e. The van der Waals surface area contributed by atoms with E-state index < -0.39 is 0 Å². The third-order valence-corrected chi connectivity index (χ3v) is 2.60. The van der Waals surface area contributed by atoms with E-state index in [4.69, 9.17) is 10.00 Å². The lowest BCUT2D eigenvalue weighted by molar-refractivity contribution is -0.136. The normalized spacial score (nSPS) is 18.7. The molecule has 0 N–H and O–H groups in total. The Morgan fingerprint density at radius 1 is 1.60 bits per heavy atom. The standard InChI is InChI=1S/C10H17N3O2/c1-9(7-11)12(2)8-10(14)13-3-5-15-6-4-13/h9H,3-6,8H2,1-2H3. The Balaban J connectivity index is 2.37. The fourth-order valence-corrected chi connectivity index (χ4v) is 1.36. The van der Waals surface area contributed by atoms with Gasteiger partial charge in [-0.3, -0.25) is 9.69 Å². The molecule has 1 rings (SSSR count). The predicted molar refractivity (Wildman–Crippen MR) is 55.1 cm³/mol. The van der Waals surface area contributed by atoms with E-state index in [0.29, 0.717) is 32.8 Å². The van der Waals surface area contributed by atoms with Crippen molar-refractivity contribution >= 4 is 5.91 Å². The molecule has 5 heteroatoms. The maximum atomic E-state index is 11.7. The summed E-state index contributed by atoms with van der Waals surface area (Å²) in [5.74, 6) is 0.0721. The summed E-state index contributed by atoms with van der Waals surface area (Å²) < 4.78 is 5.16. The monoisotopic (exact) mass is 211 g/mol. The third-order valence-electron chi connectivity index (χ3n) is 2.60. The fraction of sp³-hybridized carbons (Fsp3) is 0.800. The molecule has 5 nitrogen and oxygen atoms in total. The van der Waals surface area contributed by atoms with Crippen LogP contribution >= 0.6 is 0 Å². The highest BCUT2D eigenvalue weighted by Gasteiger charge is 2.19. The van der Waals surface area contributed by atoms with Crippen molar-refractivity contribution in [2.75, 3.05) is 39.9 Å². The van der Waals surface area contributed by atoms with Crippen LogP contribution in [0.4, 0.5) is 0 Å². The van der Waals surface area contributed by atoms with E-state index in [0.717, 1.165) is 0 Å². The Hall–Kier alpha value is -1.12. The minimum absolute atomic E-state index is 0.0721. The van der Waals surface area contributed by atoms with Crippen molar-refractivity contribution in [3.05, 3.63) is 0 Å². The highest BCUT2D eigenvalue weighted by Crippen LogP contribution is 2.00. The van der Waals surface area contributed by atoms with Crippen molar-refractivity contribution in [3.8, 4) is 6.07 Å². The van der Waals surface area contributed by atoms with Gasteiger partial charge in [0.1, 0.15) is 0 Å². The van der Waals surface area contributed by atoms with E-state index in [-0.39, 0.29) is 11.9 Å². The van der Waals surface area contributed by atoms with Crippen LogP contribution in [0, 0.1) is 11.3 Å². The van der Waals surface area contributed by atoms with Gasteiger partial charge in [-0.2, -0.15) is 5.26 Å². The van der Waals surface area contributed by atoms with Crippen LogP contribution in [-0.4, -0.2) is 61.6 Å². The maximum absolute atomic E-state index is 11.7. The quantitative estimate of drug-likeness (QED) is 0.642. The van der Waals surface area contributed by atoms with Gasteiger partial charge in [-0.25, -0.2) is 0 Å². The second-order valence-corrected chi connectivity index (χ2v) is 3.71. The van der Waals surface area contributed by atoms with Crippen molar-refractivity contribution in [1.82, 2.24) is 9.80 Å². The molecular formula is C10H17N3O2. The minimum Gasteiger partial charge on any atom is -0.378 e. The fourth-order valence-electron chi connectivity index (χ4n) is 1.36. The summed E-state index contributed by atoms with van der Waals surface area (Å²) in [4.78, 5) is 15.3. The van der Waals surface area contributed by atoms with Crippen LogP contribution in [0.1, 0.15) is 6.92 Å². The van der Waals surface area contributed by atoms with Crippen LogP contribution in [0.5, 0.6) is 0 Å². The van der Waals surface area contributed by atoms with E-state index >= 15 is 0 Å². The molecule has 0 aromatic heterocycles. The number of hydrogen-bond donors (Lipinski definition) is 0. The highest BCUT2D eigenvalue weighted by molar-refractivity contribution is 5.78. The van der Waals surface area contributed by atoms with Crippen LogP contribution in [0.25, 0.3) is 0 Å². The number of hydrogen-bond acceptors (Lipinski definition) is 4. The summed E-state index contributed by atoms with van der Waals surface area (Å²) >= 11 is 0. The summed E-state index contributed by atoms with van der Waals surface area (Å²) in [7, 11) is 1.78. The molecule has 1 amide bonds. The molecule has 0 spiro atoms. The molecule has 0 bridgehead atoms. The molecule has 1 heterocycles. The first-order chi connectivity index (χ1) is 7.15. The van der Waals surface area contributed by atoms with Crippen LogP contribution < -0.4 is 0 Å². The van der Waals surface area contributed by atoms with Crippen LogP contribution in [0.15, 0.2) is 0 Å². The second kappa shape index (κ2) is 5.69. The first-order valence-corrected chi connectivity index (χ1v) is 5.10. The zero-order chi connectivity index (χ0) is 11.3. The molecule has 1 unspecified atom stereocenters. The molecule has 1 aliphatic heterocycles. The summed E-state index contributed by atoms with van der Waals surface area (Å²) in [6, 6.07) is 1.88. The van der Waals surface area contributed by atoms with E-state index in [2.05, 4.69) is 6.07 Å². The zero-order valence-electron chi connectivity index (χ0n) is 9.27. The van der Waals surface area contributed by atoms with Gasteiger partial charge in [0.25, 0.3) is 0 Å². The van der Waals surface area contributed by atoms with E-state index in [9.17, 15) is 4.79 Å². The van der Waals surface area contributed by atoms with Crippen LogP contribution in [0.2, 0.25) is 0 Å². The molecule has 1 atom stereocenters. The first-order valence-electron chi connectivity index (χ1n) is 5.10. The van der Waals surface area contributed by atoms with E-state index in [1.165, 1.54) is 0 Å². The number of likely N-dealkylation sites (N-methyl/N-ethyl adjacent to an activating group) is 1. The molecule has 0 aromatic carbocycles. The number of nitriles is 1. The Bertz CT molecular complexity index is 256. The predicted octanol–water partition coefficient (Wildman–Crippen LogP) is -0.311. The molecule has 84 valence electrons. The lowest BCUT2D eigenvalue weighted by Gasteiger charge is -2.29. The molecule has 0 aromatic rings. The highest BCUT2D eigenvalue weighted by atomic mass is 16.5. The molecule has 1 aliphatic rings. The molecule has 0 radical (unpaired) electrons. The van der Waals surface area contributed by atoms with Gasteiger partial charge < -0.3 is 9.64 Å². The third kappa shape index (κ3) is 3.50. The van der Waals surface area contributed by atoms with Gasteiger partial charge in [-0.1, -0.05) is 0 Å². The smallest absolute Gasteiger partial charge is 0.236 e. The van der Waals surface area contributed by atoms with Gasteiger partial charge in [0, 0.05) is 13.1 Å². The number of nitrogens with zero attached hydrogens (tertiary/aromatic N) is 3. The Morgan fingerprint density at radius 3 is 2.73 bits per heavy atom. The number of carbonyl (C=O) groups excluding carboxylic acids is 1. The molecule has 15 heavy (non-hydrogen) atoms. The maximum Gasteiger partial charge on any atom is 0.236 e. The Morgan fingerprint density at radius 2 is 2.20 bits per heavy atom. The lowest BCUT2D eigenvalue weighted by atomic mass is 10.3. The molecule has 1 fully saturated rings. The SMILES string of the molecule is CC(C#N)N(C)CC(=O)N1CCOCC1. The van der Waals surface area contributed by atoms with Crippen molar-refractivity contribution in [2.45, 2.75) is 13.0 Å². The van der Waals surface area contributed by atoms with Gasteiger partial charge in [0.05, 0.1) is 31.9 Å². The summed E-state index contributed by atoms with van der Waals surface area (Å²) in [5.41, 5.74) is 0. The number of carbonyl (C=O) groups is 1. The summed E-state index contributed by atoms with van der Waals surface area (Å²) in [6.45, 7) is 4.63. The Kier molecular flexibility index (Phi) is 4.53. The van der Waals surface area contributed by atoms with Gasteiger partial charge >= 0.3 is 0 Å². The lowest BCUT2D eigenvalue weighted by Crippen LogP contribution is -2.46. The average molecular weight is 211 g/mol. The summed E-state index contributed by atoms with van der Waals surface area (Å²) in [5, 5.41) is 8.69. The van der Waals surface area contributed by atoms with Crippen molar-refractivity contribution < 1.29 is 9.53 Å². The zero-order valence-corrected chi connectivity index (χ0v) is 9.27. The topological polar surface area (TPSA) is 56.6 Å². The second-order valence-electron chi connectivity index (χ2n) is 3.71. The summed E-state index contributed by atoms with van der Waals surface area (Å²) in [6.07, 6.45) is 0. The van der Waals surface area contributed by atoms with Gasteiger partial charge in [0.2, 0.25) is 5.91 Å². The molecule has 0 aliphatic carbocycles. The number of rotatable bonds is 3. The number of ether oxygens (including phenoxy) is 1. The van der Waals surface area contributed by atoms with Crippen LogP contribution in [0.3, 0.4) is 0 Å². The molecule has 1 saturated heterocycles. The van der Waals surface area contributed by atoms with Gasteiger partial charge in [-0.15, -0.1) is 0 Å². The van der Waals surface area contributed by atoms with Gasteiger partial charge in [0.15, 0.2) is 0 Å². The average Bonchev–Trinajstić information content (AvgIpc) is 2.29. The van der Waals surface area contributed by atoms with Crippen molar-refractivity contribution in [1.29, 1.82) is 5.26 Å².